The molecular formula is C6H9O. The Labute approximate surface area is 43.7 Å². The molecule has 1 saturated carbocycles. The van der Waals surface area contributed by atoms with E-state index < -0.39 is 0 Å². The number of hydrogen-bond acceptors (Lipinski definition) is 1. The molecule has 1 heteroatoms. The van der Waals surface area contributed by atoms with Gasteiger partial charge in [0.1, 0.15) is 0 Å². The van der Waals surface area contributed by atoms with Crippen LogP contribution in [0, 0.1) is 11.8 Å². The molecule has 1 heterocycles. The maximum Gasteiger partial charge on any atom is 0.0500 e. The van der Waals surface area contributed by atoms with Crippen LogP contribution in [0.4, 0.5) is 0 Å². The molecule has 0 N–H and O–H groups in total. The van der Waals surface area contributed by atoms with Gasteiger partial charge in [0.05, 0.1) is 0 Å². The minimum absolute atomic E-state index is 0.897. The van der Waals surface area contributed by atoms with Crippen molar-refractivity contribution < 1.29 is 4.74 Å². The molecule has 2 fully saturated rings. The summed E-state index contributed by atoms with van der Waals surface area (Å²) in [5, 5.41) is 0. The van der Waals surface area contributed by atoms with Gasteiger partial charge >= 0.3 is 0 Å². The van der Waals surface area contributed by atoms with Crippen LogP contribution in [-0.2, 0) is 4.74 Å². The van der Waals surface area contributed by atoms with Gasteiger partial charge in [-0.15, -0.1) is 0 Å². The molecule has 0 aromatic carbocycles. The molecule has 1 aliphatic carbocycles. The first-order valence-electron chi connectivity index (χ1n) is 2.89. The van der Waals surface area contributed by atoms with E-state index in [1.54, 1.807) is 5.92 Å². The van der Waals surface area contributed by atoms with E-state index in [4.69, 9.17) is 4.74 Å². The van der Waals surface area contributed by atoms with E-state index in [-0.39, 0.29) is 0 Å². The fraction of sp³-hybridized carbons (Fsp3) is 0.833. The zero-order valence-corrected chi connectivity index (χ0v) is 4.31. The van der Waals surface area contributed by atoms with Crippen molar-refractivity contribution in [1.82, 2.24) is 0 Å². The summed E-state index contributed by atoms with van der Waals surface area (Å²) in [6.45, 7) is 2.02. The first-order valence-corrected chi connectivity index (χ1v) is 2.89. The quantitative estimate of drug-likeness (QED) is 0.438. The zero-order valence-electron chi connectivity index (χ0n) is 4.31. The van der Waals surface area contributed by atoms with Gasteiger partial charge in [-0.3, -0.25) is 0 Å². The van der Waals surface area contributed by atoms with Gasteiger partial charge in [-0.2, -0.15) is 0 Å². The largest absolute Gasteiger partial charge is 0.381 e. The zero-order chi connectivity index (χ0) is 4.69. The highest BCUT2D eigenvalue weighted by Gasteiger charge is 2.39. The van der Waals surface area contributed by atoms with E-state index >= 15 is 0 Å². The van der Waals surface area contributed by atoms with Crippen LogP contribution in [0.2, 0.25) is 0 Å². The Morgan fingerprint density at radius 3 is 3.14 bits per heavy atom. The molecule has 2 rings (SSSR count). The predicted octanol–water partition coefficient (Wildman–Crippen LogP) is 1.00. The standard InChI is InChI=1S/C6H9O/c1-2-7-4-6-3-5(1)6/h6H,1-4H2. The average Bonchev–Trinajstić information content (AvgIpc) is 2.41. The van der Waals surface area contributed by atoms with Gasteiger partial charge < -0.3 is 4.74 Å². The SMILES string of the molecule is C1C[C]2CC2CO1. The maximum absolute atomic E-state index is 5.20. The molecule has 1 nitrogen and oxygen atoms in total. The van der Waals surface area contributed by atoms with Crippen molar-refractivity contribution >= 4 is 0 Å². The Hall–Kier alpha value is -0.0400. The molecule has 0 spiro atoms. The lowest BCUT2D eigenvalue weighted by Gasteiger charge is -2.07. The van der Waals surface area contributed by atoms with Crippen LogP contribution >= 0.6 is 0 Å². The van der Waals surface area contributed by atoms with Gasteiger partial charge in [0, 0.05) is 13.2 Å². The Balaban J connectivity index is 1.95. The summed E-state index contributed by atoms with van der Waals surface area (Å²) < 4.78 is 5.20. The lowest BCUT2D eigenvalue weighted by atomic mass is 10.2. The van der Waals surface area contributed by atoms with E-state index in [9.17, 15) is 0 Å². The van der Waals surface area contributed by atoms with E-state index in [0.717, 1.165) is 19.1 Å². The highest BCUT2D eigenvalue weighted by Crippen LogP contribution is 2.46. The van der Waals surface area contributed by atoms with Gasteiger partial charge in [-0.1, -0.05) is 0 Å². The molecule has 1 radical (unpaired) electrons. The first kappa shape index (κ1) is 3.90. The van der Waals surface area contributed by atoms with Gasteiger partial charge in [0.25, 0.3) is 0 Å². The molecule has 2 aliphatic rings. The smallest absolute Gasteiger partial charge is 0.0500 e. The number of ether oxygens (including phenoxy) is 1. The summed E-state index contributed by atoms with van der Waals surface area (Å²) in [6, 6.07) is 0. The number of hydrogen-bond donors (Lipinski definition) is 0. The molecule has 1 unspecified atom stereocenters. The minimum atomic E-state index is 0.897. The van der Waals surface area contributed by atoms with Crippen molar-refractivity contribution in [3.8, 4) is 0 Å². The van der Waals surface area contributed by atoms with E-state index in [1.165, 1.54) is 12.8 Å². The van der Waals surface area contributed by atoms with Crippen LogP contribution in [0.15, 0.2) is 0 Å². The van der Waals surface area contributed by atoms with Gasteiger partial charge in [-0.05, 0) is 24.7 Å². The van der Waals surface area contributed by atoms with Crippen molar-refractivity contribution in [1.29, 1.82) is 0 Å². The molecule has 0 amide bonds. The molecule has 0 aromatic rings. The van der Waals surface area contributed by atoms with E-state index in [1.807, 2.05) is 0 Å². The minimum Gasteiger partial charge on any atom is -0.381 e. The van der Waals surface area contributed by atoms with Crippen molar-refractivity contribution in [3.05, 3.63) is 5.92 Å². The average molecular weight is 97.1 g/mol. The Bertz CT molecular complexity index is 70.2. The highest BCUT2D eigenvalue weighted by molar-refractivity contribution is 5.15. The molecule has 0 bridgehead atoms. The molecule has 1 aliphatic heterocycles. The molecule has 1 saturated heterocycles. The molecular weight excluding hydrogens is 88.1 g/mol. The molecule has 39 valence electrons. The van der Waals surface area contributed by atoms with Crippen LogP contribution < -0.4 is 0 Å². The van der Waals surface area contributed by atoms with Gasteiger partial charge in [0.15, 0.2) is 0 Å². The monoisotopic (exact) mass is 97.1 g/mol. The first-order chi connectivity index (χ1) is 3.47. The maximum atomic E-state index is 5.20. The van der Waals surface area contributed by atoms with E-state index in [0.29, 0.717) is 0 Å². The summed E-state index contributed by atoms with van der Waals surface area (Å²) in [4.78, 5) is 0. The summed E-state index contributed by atoms with van der Waals surface area (Å²) in [7, 11) is 0. The number of rotatable bonds is 0. The fourth-order valence-corrected chi connectivity index (χ4v) is 1.17. The highest BCUT2D eigenvalue weighted by atomic mass is 16.5. The summed E-state index contributed by atoms with van der Waals surface area (Å²) >= 11 is 0. The third kappa shape index (κ3) is 0.556. The topological polar surface area (TPSA) is 9.23 Å². The third-order valence-corrected chi connectivity index (χ3v) is 1.81. The van der Waals surface area contributed by atoms with Gasteiger partial charge in [-0.25, -0.2) is 0 Å². The second-order valence-corrected chi connectivity index (χ2v) is 2.38. The van der Waals surface area contributed by atoms with Gasteiger partial charge in [0.2, 0.25) is 0 Å². The van der Waals surface area contributed by atoms with E-state index in [2.05, 4.69) is 0 Å². The Morgan fingerprint density at radius 2 is 2.57 bits per heavy atom. The summed E-state index contributed by atoms with van der Waals surface area (Å²) in [6.07, 6.45) is 2.63. The normalized spacial score (nSPS) is 40.3. The molecule has 7 heavy (non-hydrogen) atoms. The predicted molar refractivity (Wildman–Crippen MR) is 26.8 cm³/mol. The van der Waals surface area contributed by atoms with Crippen molar-refractivity contribution in [2.75, 3.05) is 13.2 Å². The summed E-state index contributed by atoms with van der Waals surface area (Å²) in [5.74, 6) is 2.65. The Kier molecular flexibility index (Phi) is 0.680. The second kappa shape index (κ2) is 1.22. The van der Waals surface area contributed by atoms with Crippen molar-refractivity contribution in [3.63, 3.8) is 0 Å². The van der Waals surface area contributed by atoms with Crippen LogP contribution in [0.3, 0.4) is 0 Å². The fourth-order valence-electron chi connectivity index (χ4n) is 1.17. The van der Waals surface area contributed by atoms with Crippen LogP contribution in [0.5, 0.6) is 0 Å². The van der Waals surface area contributed by atoms with Crippen molar-refractivity contribution in [2.45, 2.75) is 12.8 Å². The lowest BCUT2D eigenvalue weighted by molar-refractivity contribution is 0.110. The number of fused-ring (bicyclic) bond motifs is 1. The Morgan fingerprint density at radius 1 is 1.57 bits per heavy atom. The van der Waals surface area contributed by atoms with Crippen LogP contribution in [0.25, 0.3) is 0 Å². The molecule has 1 atom stereocenters. The van der Waals surface area contributed by atoms with Crippen molar-refractivity contribution in [2.24, 2.45) is 5.92 Å². The molecule has 0 aromatic heterocycles. The third-order valence-electron chi connectivity index (χ3n) is 1.81. The lowest BCUT2D eigenvalue weighted by Crippen LogP contribution is -2.05. The van der Waals surface area contributed by atoms with Crippen LogP contribution in [0.1, 0.15) is 12.8 Å². The second-order valence-electron chi connectivity index (χ2n) is 2.38. The van der Waals surface area contributed by atoms with Crippen LogP contribution in [-0.4, -0.2) is 13.2 Å². The summed E-state index contributed by atoms with van der Waals surface area (Å²) in [5.41, 5.74) is 0.